The molecule has 0 saturated carbocycles. The van der Waals surface area contributed by atoms with Gasteiger partial charge in [-0.25, -0.2) is 8.78 Å². The van der Waals surface area contributed by atoms with Crippen LogP contribution in [0, 0.1) is 17.6 Å². The minimum Gasteiger partial charge on any atom is -0.313 e. The summed E-state index contributed by atoms with van der Waals surface area (Å²) in [6.45, 7) is 2.07. The molecular formula is C17H19F2N. The van der Waals surface area contributed by atoms with Crippen molar-refractivity contribution in [3.05, 3.63) is 71.3 Å². The van der Waals surface area contributed by atoms with E-state index in [2.05, 4.69) is 24.4 Å². The topological polar surface area (TPSA) is 12.0 Å². The van der Waals surface area contributed by atoms with Crippen LogP contribution >= 0.6 is 0 Å². The van der Waals surface area contributed by atoms with Gasteiger partial charge in [0.1, 0.15) is 11.6 Å². The van der Waals surface area contributed by atoms with Crippen LogP contribution in [-0.4, -0.2) is 7.05 Å². The molecule has 0 aromatic heterocycles. The van der Waals surface area contributed by atoms with Crippen LogP contribution in [0.1, 0.15) is 24.1 Å². The maximum Gasteiger partial charge on any atom is 0.129 e. The molecule has 0 amide bonds. The largest absolute Gasteiger partial charge is 0.313 e. The summed E-state index contributed by atoms with van der Waals surface area (Å²) in [6, 6.07) is 14.0. The van der Waals surface area contributed by atoms with Crippen molar-refractivity contribution in [3.63, 3.8) is 0 Å². The fraction of sp³-hybridized carbons (Fsp3) is 0.294. The Hall–Kier alpha value is -1.74. The summed E-state index contributed by atoms with van der Waals surface area (Å²) in [5.74, 6) is -0.811. The standard InChI is InChI=1S/C17H19F2N/c1-12(10-14-8-9-15(18)11-16(14)19)17(20-2)13-6-4-3-5-7-13/h3-9,11-12,17,20H,10H2,1-2H3. The van der Waals surface area contributed by atoms with Crippen molar-refractivity contribution in [1.29, 1.82) is 0 Å². The molecule has 2 aromatic carbocycles. The molecule has 2 rings (SSSR count). The average Bonchev–Trinajstić information content (AvgIpc) is 2.44. The van der Waals surface area contributed by atoms with Crippen molar-refractivity contribution >= 4 is 0 Å². The van der Waals surface area contributed by atoms with Gasteiger partial charge in [0.15, 0.2) is 0 Å². The van der Waals surface area contributed by atoms with Crippen LogP contribution in [0.3, 0.4) is 0 Å². The lowest BCUT2D eigenvalue weighted by atomic mass is 9.89. The summed E-state index contributed by atoms with van der Waals surface area (Å²) in [6.07, 6.45) is 0.562. The first kappa shape index (κ1) is 14.7. The smallest absolute Gasteiger partial charge is 0.129 e. The van der Waals surface area contributed by atoms with Gasteiger partial charge in [-0.3, -0.25) is 0 Å². The SMILES string of the molecule is CNC(c1ccccc1)C(C)Cc1ccc(F)cc1F. The van der Waals surface area contributed by atoms with Crippen LogP contribution in [-0.2, 0) is 6.42 Å². The zero-order valence-corrected chi connectivity index (χ0v) is 11.7. The van der Waals surface area contributed by atoms with Crippen LogP contribution in [0.25, 0.3) is 0 Å². The van der Waals surface area contributed by atoms with Gasteiger partial charge < -0.3 is 5.32 Å². The lowest BCUT2D eigenvalue weighted by Crippen LogP contribution is -2.25. The summed E-state index contributed by atoms with van der Waals surface area (Å²) in [7, 11) is 1.90. The van der Waals surface area contributed by atoms with Gasteiger partial charge in [-0.1, -0.05) is 43.3 Å². The third-order valence-corrected chi connectivity index (χ3v) is 3.60. The van der Waals surface area contributed by atoms with Gasteiger partial charge in [0.25, 0.3) is 0 Å². The van der Waals surface area contributed by atoms with Gasteiger partial charge >= 0.3 is 0 Å². The lowest BCUT2D eigenvalue weighted by molar-refractivity contribution is 0.402. The Bertz CT molecular complexity index is 554. The van der Waals surface area contributed by atoms with E-state index in [1.807, 2.05) is 25.2 Å². The summed E-state index contributed by atoms with van der Waals surface area (Å²) in [4.78, 5) is 0. The number of hydrogen-bond acceptors (Lipinski definition) is 1. The van der Waals surface area contributed by atoms with E-state index in [1.54, 1.807) is 0 Å². The molecule has 0 saturated heterocycles. The Morgan fingerprint density at radius 3 is 2.35 bits per heavy atom. The highest BCUT2D eigenvalue weighted by molar-refractivity contribution is 5.23. The van der Waals surface area contributed by atoms with Crippen molar-refractivity contribution in [1.82, 2.24) is 5.32 Å². The third kappa shape index (κ3) is 3.42. The van der Waals surface area contributed by atoms with Crippen LogP contribution in [0.2, 0.25) is 0 Å². The number of benzene rings is 2. The average molecular weight is 275 g/mol. The quantitative estimate of drug-likeness (QED) is 0.866. The van der Waals surface area contributed by atoms with E-state index in [0.29, 0.717) is 12.0 Å². The molecule has 20 heavy (non-hydrogen) atoms. The maximum absolute atomic E-state index is 13.7. The predicted octanol–water partition coefficient (Wildman–Crippen LogP) is 4.10. The Morgan fingerprint density at radius 2 is 1.75 bits per heavy atom. The number of halogens is 2. The normalized spacial score (nSPS) is 14.0. The van der Waals surface area contributed by atoms with E-state index in [4.69, 9.17) is 0 Å². The molecule has 2 aromatic rings. The molecule has 0 aliphatic heterocycles. The first-order valence-corrected chi connectivity index (χ1v) is 6.78. The van der Waals surface area contributed by atoms with E-state index in [9.17, 15) is 8.78 Å². The van der Waals surface area contributed by atoms with E-state index in [0.717, 1.165) is 6.07 Å². The molecule has 2 atom stereocenters. The second-order valence-corrected chi connectivity index (χ2v) is 5.09. The fourth-order valence-electron chi connectivity index (χ4n) is 2.59. The lowest BCUT2D eigenvalue weighted by Gasteiger charge is -2.24. The molecule has 3 heteroatoms. The molecule has 1 N–H and O–H groups in total. The van der Waals surface area contributed by atoms with Crippen molar-refractivity contribution in [2.75, 3.05) is 7.05 Å². The highest BCUT2D eigenvalue weighted by atomic mass is 19.1. The van der Waals surface area contributed by atoms with Crippen molar-refractivity contribution < 1.29 is 8.78 Å². The maximum atomic E-state index is 13.7. The first-order chi connectivity index (χ1) is 9.61. The van der Waals surface area contributed by atoms with Gasteiger partial charge in [0.2, 0.25) is 0 Å². The molecule has 2 unspecified atom stereocenters. The summed E-state index contributed by atoms with van der Waals surface area (Å²) < 4.78 is 26.6. The zero-order chi connectivity index (χ0) is 14.5. The van der Waals surface area contributed by atoms with E-state index < -0.39 is 11.6 Å². The third-order valence-electron chi connectivity index (χ3n) is 3.60. The monoisotopic (exact) mass is 275 g/mol. The van der Waals surface area contributed by atoms with Gasteiger partial charge in [-0.15, -0.1) is 0 Å². The number of nitrogens with one attached hydrogen (secondary N) is 1. The predicted molar refractivity (Wildman–Crippen MR) is 77.5 cm³/mol. The summed E-state index contributed by atoms with van der Waals surface area (Å²) >= 11 is 0. The van der Waals surface area contributed by atoms with Crippen molar-refractivity contribution in [2.45, 2.75) is 19.4 Å². The fourth-order valence-corrected chi connectivity index (χ4v) is 2.59. The molecule has 0 heterocycles. The Labute approximate surface area is 118 Å². The molecule has 0 radical (unpaired) electrons. The molecule has 0 aliphatic rings. The zero-order valence-electron chi connectivity index (χ0n) is 11.7. The summed E-state index contributed by atoms with van der Waals surface area (Å²) in [5.41, 5.74) is 1.72. The summed E-state index contributed by atoms with van der Waals surface area (Å²) in [5, 5.41) is 3.27. The number of hydrogen-bond donors (Lipinski definition) is 1. The molecular weight excluding hydrogens is 256 g/mol. The Kier molecular flexibility index (Phi) is 4.85. The van der Waals surface area contributed by atoms with E-state index in [1.165, 1.54) is 17.7 Å². The Morgan fingerprint density at radius 1 is 1.05 bits per heavy atom. The van der Waals surface area contributed by atoms with Crippen LogP contribution in [0.5, 0.6) is 0 Å². The van der Waals surface area contributed by atoms with E-state index >= 15 is 0 Å². The van der Waals surface area contributed by atoms with Crippen LogP contribution in [0.15, 0.2) is 48.5 Å². The van der Waals surface area contributed by atoms with Gasteiger partial charge in [0.05, 0.1) is 0 Å². The highest BCUT2D eigenvalue weighted by Crippen LogP contribution is 2.25. The first-order valence-electron chi connectivity index (χ1n) is 6.78. The molecule has 106 valence electrons. The van der Waals surface area contributed by atoms with Crippen LogP contribution in [0.4, 0.5) is 8.78 Å². The van der Waals surface area contributed by atoms with Gasteiger partial charge in [-0.2, -0.15) is 0 Å². The van der Waals surface area contributed by atoms with Crippen molar-refractivity contribution in [2.24, 2.45) is 5.92 Å². The highest BCUT2D eigenvalue weighted by Gasteiger charge is 2.19. The second kappa shape index (κ2) is 6.62. The minimum atomic E-state index is -0.535. The van der Waals surface area contributed by atoms with Gasteiger partial charge in [0, 0.05) is 12.1 Å². The van der Waals surface area contributed by atoms with Gasteiger partial charge in [-0.05, 0) is 36.6 Å². The molecule has 1 nitrogen and oxygen atoms in total. The van der Waals surface area contributed by atoms with Crippen molar-refractivity contribution in [3.8, 4) is 0 Å². The minimum absolute atomic E-state index is 0.139. The molecule has 0 bridgehead atoms. The van der Waals surface area contributed by atoms with E-state index in [-0.39, 0.29) is 12.0 Å². The molecule has 0 aliphatic carbocycles. The van der Waals surface area contributed by atoms with Crippen LogP contribution < -0.4 is 5.32 Å². The molecule has 0 spiro atoms. The molecule has 0 fully saturated rings. The Balaban J connectivity index is 2.15. The second-order valence-electron chi connectivity index (χ2n) is 5.09. The number of rotatable bonds is 5.